The van der Waals surface area contributed by atoms with Gasteiger partial charge < -0.3 is 14.8 Å². The first-order valence-corrected chi connectivity index (χ1v) is 10.1. The molecule has 1 atom stereocenters. The van der Waals surface area contributed by atoms with Crippen molar-refractivity contribution < 1.29 is 14.3 Å². The molecule has 0 radical (unpaired) electrons. The number of carbonyl (C=O) groups is 1. The molecular weight excluding hydrogens is 386 g/mol. The number of imidazole rings is 1. The minimum atomic E-state index is -0.364. The van der Waals surface area contributed by atoms with Gasteiger partial charge in [0.05, 0.1) is 30.8 Å². The summed E-state index contributed by atoms with van der Waals surface area (Å²) in [6.07, 6.45) is 3.67. The number of hydrogen-bond donors (Lipinski definition) is 1. The van der Waals surface area contributed by atoms with Crippen molar-refractivity contribution in [3.8, 4) is 17.2 Å². The molecule has 0 saturated carbocycles. The molecule has 1 amide bonds. The number of aromatic nitrogens is 2. The van der Waals surface area contributed by atoms with Crippen molar-refractivity contribution in [1.82, 2.24) is 9.55 Å². The normalized spacial score (nSPS) is 11.8. The van der Waals surface area contributed by atoms with Crippen LogP contribution >= 0.6 is 11.8 Å². The van der Waals surface area contributed by atoms with Crippen LogP contribution in [-0.2, 0) is 4.79 Å². The molecule has 0 aliphatic rings. The lowest BCUT2D eigenvalue weighted by Gasteiger charge is -2.16. The van der Waals surface area contributed by atoms with Gasteiger partial charge in [0.25, 0.3) is 0 Å². The molecule has 3 rings (SSSR count). The highest BCUT2D eigenvalue weighted by molar-refractivity contribution is 8.00. The number of rotatable bonds is 7. The molecule has 0 spiro atoms. The summed E-state index contributed by atoms with van der Waals surface area (Å²) in [7, 11) is 3.15. The van der Waals surface area contributed by atoms with Crippen molar-refractivity contribution in [3.63, 3.8) is 0 Å². The van der Waals surface area contributed by atoms with Gasteiger partial charge in [-0.2, -0.15) is 0 Å². The van der Waals surface area contributed by atoms with Gasteiger partial charge in [-0.3, -0.25) is 9.36 Å². The Balaban J connectivity index is 1.78. The van der Waals surface area contributed by atoms with Gasteiger partial charge in [-0.1, -0.05) is 23.9 Å². The van der Waals surface area contributed by atoms with Crippen LogP contribution in [0.4, 0.5) is 5.69 Å². The lowest BCUT2D eigenvalue weighted by Crippen LogP contribution is -2.23. The molecule has 29 heavy (non-hydrogen) atoms. The molecule has 6 nitrogen and oxygen atoms in total. The molecule has 2 aromatic carbocycles. The summed E-state index contributed by atoms with van der Waals surface area (Å²) in [4.78, 5) is 17.3. The number of amides is 1. The number of anilines is 1. The first kappa shape index (κ1) is 20.8. The van der Waals surface area contributed by atoms with Crippen molar-refractivity contribution >= 4 is 23.4 Å². The molecule has 0 aliphatic carbocycles. The standard InChI is InChI=1S/C22H25N3O3S/c1-14-6-7-15(2)19(12-14)25-11-10-23-22(25)29-16(3)21(26)24-18-13-17(27-4)8-9-20(18)28-5/h6-13,16H,1-5H3,(H,24,26). The number of nitrogens with one attached hydrogen (secondary N) is 1. The fourth-order valence-corrected chi connectivity index (χ4v) is 3.77. The molecule has 7 heteroatoms. The fraction of sp³-hybridized carbons (Fsp3) is 0.273. The zero-order valence-electron chi connectivity index (χ0n) is 17.2. The number of methoxy groups -OCH3 is 2. The Hall–Kier alpha value is -2.93. The second-order valence-corrected chi connectivity index (χ2v) is 7.99. The Bertz CT molecular complexity index is 1020. The van der Waals surface area contributed by atoms with Crippen molar-refractivity contribution in [2.24, 2.45) is 0 Å². The van der Waals surface area contributed by atoms with E-state index in [1.54, 1.807) is 38.6 Å². The Morgan fingerprint density at radius 2 is 1.93 bits per heavy atom. The average molecular weight is 412 g/mol. The predicted molar refractivity (Wildman–Crippen MR) is 117 cm³/mol. The quantitative estimate of drug-likeness (QED) is 0.575. The van der Waals surface area contributed by atoms with E-state index >= 15 is 0 Å². The van der Waals surface area contributed by atoms with Crippen molar-refractivity contribution in [2.75, 3.05) is 19.5 Å². The topological polar surface area (TPSA) is 65.4 Å². The Morgan fingerprint density at radius 3 is 2.66 bits per heavy atom. The molecule has 1 N–H and O–H groups in total. The van der Waals surface area contributed by atoms with Crippen LogP contribution in [0.3, 0.4) is 0 Å². The van der Waals surface area contributed by atoms with Gasteiger partial charge >= 0.3 is 0 Å². The average Bonchev–Trinajstić information content (AvgIpc) is 3.17. The lowest BCUT2D eigenvalue weighted by atomic mass is 10.1. The van der Waals surface area contributed by atoms with Crippen LogP contribution in [0.15, 0.2) is 53.9 Å². The predicted octanol–water partition coefficient (Wildman–Crippen LogP) is 4.63. The van der Waals surface area contributed by atoms with Gasteiger partial charge in [-0.05, 0) is 50.1 Å². The molecule has 1 aromatic heterocycles. The van der Waals surface area contributed by atoms with Crippen LogP contribution < -0.4 is 14.8 Å². The highest BCUT2D eigenvalue weighted by Gasteiger charge is 2.20. The molecule has 1 heterocycles. The summed E-state index contributed by atoms with van der Waals surface area (Å²) in [6, 6.07) is 11.6. The molecule has 152 valence electrons. The van der Waals surface area contributed by atoms with Crippen LogP contribution in [0.1, 0.15) is 18.1 Å². The van der Waals surface area contributed by atoms with Gasteiger partial charge in [0.1, 0.15) is 11.5 Å². The third kappa shape index (κ3) is 4.74. The zero-order valence-corrected chi connectivity index (χ0v) is 18.0. The Kier molecular flexibility index (Phi) is 6.49. The van der Waals surface area contributed by atoms with Crippen LogP contribution in [0.25, 0.3) is 5.69 Å². The summed E-state index contributed by atoms with van der Waals surface area (Å²) < 4.78 is 12.6. The minimum absolute atomic E-state index is 0.142. The second-order valence-electron chi connectivity index (χ2n) is 6.69. The number of thioether (sulfide) groups is 1. The number of ether oxygens (including phenoxy) is 2. The zero-order chi connectivity index (χ0) is 21.0. The molecule has 3 aromatic rings. The Morgan fingerprint density at radius 1 is 1.14 bits per heavy atom. The minimum Gasteiger partial charge on any atom is -0.497 e. The molecule has 0 saturated heterocycles. The van der Waals surface area contributed by atoms with E-state index in [9.17, 15) is 4.79 Å². The highest BCUT2D eigenvalue weighted by atomic mass is 32.2. The highest BCUT2D eigenvalue weighted by Crippen LogP contribution is 2.31. The van der Waals surface area contributed by atoms with Gasteiger partial charge in [-0.15, -0.1) is 0 Å². The van der Waals surface area contributed by atoms with E-state index in [1.807, 2.05) is 17.7 Å². The van der Waals surface area contributed by atoms with Crippen molar-refractivity contribution in [3.05, 3.63) is 59.9 Å². The molecule has 1 unspecified atom stereocenters. The largest absolute Gasteiger partial charge is 0.497 e. The van der Waals surface area contributed by atoms with Crippen LogP contribution in [0.5, 0.6) is 11.5 Å². The smallest absolute Gasteiger partial charge is 0.237 e. The van der Waals surface area contributed by atoms with Crippen LogP contribution in [0.2, 0.25) is 0 Å². The number of aryl methyl sites for hydroxylation is 2. The van der Waals surface area contributed by atoms with Crippen molar-refractivity contribution in [1.29, 1.82) is 0 Å². The summed E-state index contributed by atoms with van der Waals surface area (Å²) in [5, 5.41) is 3.33. The summed E-state index contributed by atoms with van der Waals surface area (Å²) in [6.45, 7) is 5.98. The fourth-order valence-electron chi connectivity index (χ4n) is 2.90. The van der Waals surface area contributed by atoms with E-state index in [2.05, 4.69) is 42.3 Å². The first-order chi connectivity index (χ1) is 13.9. The lowest BCUT2D eigenvalue weighted by molar-refractivity contribution is -0.115. The second kappa shape index (κ2) is 9.05. The monoisotopic (exact) mass is 411 g/mol. The van der Waals surface area contributed by atoms with Gasteiger partial charge in [-0.25, -0.2) is 4.98 Å². The summed E-state index contributed by atoms with van der Waals surface area (Å²) in [5.74, 6) is 1.08. The van der Waals surface area contributed by atoms with E-state index in [-0.39, 0.29) is 11.2 Å². The van der Waals surface area contributed by atoms with E-state index in [4.69, 9.17) is 9.47 Å². The summed E-state index contributed by atoms with van der Waals surface area (Å²) >= 11 is 1.40. The van der Waals surface area contributed by atoms with E-state index in [0.29, 0.717) is 17.2 Å². The maximum Gasteiger partial charge on any atom is 0.237 e. The van der Waals surface area contributed by atoms with Gasteiger partial charge in [0.2, 0.25) is 5.91 Å². The number of carbonyl (C=O) groups excluding carboxylic acids is 1. The molecule has 0 aliphatic heterocycles. The van der Waals surface area contributed by atoms with E-state index < -0.39 is 0 Å². The van der Waals surface area contributed by atoms with Crippen LogP contribution in [-0.4, -0.2) is 34.9 Å². The molecule has 0 fully saturated rings. The number of benzene rings is 2. The third-order valence-electron chi connectivity index (χ3n) is 4.55. The molecular formula is C22H25N3O3S. The maximum absolute atomic E-state index is 12.8. The SMILES string of the molecule is COc1ccc(OC)c(NC(=O)C(C)Sc2nccn2-c2cc(C)ccc2C)c1. The van der Waals surface area contributed by atoms with E-state index in [1.165, 1.54) is 17.3 Å². The van der Waals surface area contributed by atoms with Gasteiger partial charge in [0.15, 0.2) is 5.16 Å². The maximum atomic E-state index is 12.8. The Labute approximate surface area is 175 Å². The summed E-state index contributed by atoms with van der Waals surface area (Å²) in [5.41, 5.74) is 3.95. The molecule has 0 bridgehead atoms. The first-order valence-electron chi connectivity index (χ1n) is 9.23. The van der Waals surface area contributed by atoms with Crippen LogP contribution in [0, 0.1) is 13.8 Å². The van der Waals surface area contributed by atoms with Crippen molar-refractivity contribution in [2.45, 2.75) is 31.2 Å². The number of nitrogens with zero attached hydrogens (tertiary/aromatic N) is 2. The van der Waals surface area contributed by atoms with Gasteiger partial charge in [0, 0.05) is 18.5 Å². The number of hydrogen-bond acceptors (Lipinski definition) is 5. The van der Waals surface area contributed by atoms with E-state index in [0.717, 1.165) is 16.4 Å². The third-order valence-corrected chi connectivity index (χ3v) is 5.63.